The number of Topliss-reactive ketones (excluding diaryl/α,β-unsaturated/α-hetero) is 1. The first-order valence-electron chi connectivity index (χ1n) is 10.1. The van der Waals surface area contributed by atoms with Crippen molar-refractivity contribution in [2.45, 2.75) is 6.54 Å². The zero-order valence-electron chi connectivity index (χ0n) is 17.3. The van der Waals surface area contributed by atoms with Gasteiger partial charge in [-0.1, -0.05) is 42.5 Å². The molecule has 0 atom stereocenters. The van der Waals surface area contributed by atoms with Gasteiger partial charge in [0.05, 0.1) is 0 Å². The summed E-state index contributed by atoms with van der Waals surface area (Å²) in [6.07, 6.45) is 3.42. The number of carbonyl (C=O) groups excluding carboxylic acids is 1. The molecule has 162 valence electrons. The Hall–Kier alpha value is -4.03. The highest BCUT2D eigenvalue weighted by Gasteiger charge is 2.26. The number of phenols is 4. The highest BCUT2D eigenvalue weighted by atomic mass is 16.3. The van der Waals surface area contributed by atoms with Gasteiger partial charge in [0, 0.05) is 30.8 Å². The van der Waals surface area contributed by atoms with E-state index < -0.39 is 0 Å². The number of hydrogen-bond donors (Lipinski definition) is 4. The van der Waals surface area contributed by atoms with E-state index in [4.69, 9.17) is 0 Å². The molecule has 0 saturated carbocycles. The molecule has 1 saturated heterocycles. The highest BCUT2D eigenvalue weighted by Crippen LogP contribution is 2.30. The number of aromatic hydroxyl groups is 4. The van der Waals surface area contributed by atoms with E-state index in [0.29, 0.717) is 41.9 Å². The lowest BCUT2D eigenvalue weighted by Crippen LogP contribution is -2.37. The van der Waals surface area contributed by atoms with Crippen molar-refractivity contribution in [1.82, 2.24) is 4.90 Å². The number of nitrogens with zero attached hydrogens (tertiary/aromatic N) is 1. The molecule has 1 heterocycles. The summed E-state index contributed by atoms with van der Waals surface area (Å²) in [4.78, 5) is 15.4. The summed E-state index contributed by atoms with van der Waals surface area (Å²) in [5, 5.41) is 38.7. The van der Waals surface area contributed by atoms with Crippen molar-refractivity contribution in [3.8, 4) is 23.0 Å². The van der Waals surface area contributed by atoms with Crippen LogP contribution in [0.4, 0.5) is 0 Å². The quantitative estimate of drug-likeness (QED) is 0.369. The lowest BCUT2D eigenvalue weighted by Gasteiger charge is -2.30. The molecule has 1 aliphatic rings. The number of benzene rings is 3. The van der Waals surface area contributed by atoms with E-state index in [1.165, 1.54) is 24.3 Å². The van der Waals surface area contributed by atoms with E-state index in [9.17, 15) is 25.2 Å². The largest absolute Gasteiger partial charge is 0.504 e. The van der Waals surface area contributed by atoms with Crippen LogP contribution in [-0.2, 0) is 11.3 Å². The Morgan fingerprint density at radius 1 is 0.688 bits per heavy atom. The number of rotatable bonds is 4. The molecular weight excluding hydrogens is 406 g/mol. The van der Waals surface area contributed by atoms with E-state index in [0.717, 1.165) is 5.56 Å². The molecule has 6 heteroatoms. The Bertz CT molecular complexity index is 1140. The Morgan fingerprint density at radius 2 is 1.19 bits per heavy atom. The molecule has 0 radical (unpaired) electrons. The fraction of sp³-hybridized carbons (Fsp3) is 0.115. The Morgan fingerprint density at radius 3 is 1.66 bits per heavy atom. The molecule has 32 heavy (non-hydrogen) atoms. The average molecular weight is 429 g/mol. The van der Waals surface area contributed by atoms with Crippen molar-refractivity contribution in [3.63, 3.8) is 0 Å². The molecule has 4 rings (SSSR count). The van der Waals surface area contributed by atoms with Gasteiger partial charge in [0.25, 0.3) is 0 Å². The maximum atomic E-state index is 13.2. The first-order chi connectivity index (χ1) is 15.4. The number of carbonyl (C=O) groups is 1. The van der Waals surface area contributed by atoms with Crippen molar-refractivity contribution in [2.75, 3.05) is 13.1 Å². The maximum Gasteiger partial charge on any atom is 0.187 e. The van der Waals surface area contributed by atoms with Crippen LogP contribution in [0.25, 0.3) is 12.2 Å². The third kappa shape index (κ3) is 4.82. The fourth-order valence-corrected chi connectivity index (χ4v) is 3.73. The molecule has 0 aromatic heterocycles. The topological polar surface area (TPSA) is 101 Å². The number of hydrogen-bond acceptors (Lipinski definition) is 6. The van der Waals surface area contributed by atoms with E-state index in [-0.39, 0.29) is 28.8 Å². The van der Waals surface area contributed by atoms with E-state index in [1.807, 2.05) is 30.3 Å². The van der Waals surface area contributed by atoms with E-state index >= 15 is 0 Å². The summed E-state index contributed by atoms with van der Waals surface area (Å²) in [7, 11) is 0. The SMILES string of the molecule is O=C1/C(=C\c2ccc(O)c(O)c2)CN(Cc2ccccc2)C/C1=C/c1ccc(O)c(O)c1. The fourth-order valence-electron chi connectivity index (χ4n) is 3.73. The second kappa shape index (κ2) is 8.99. The zero-order chi connectivity index (χ0) is 22.7. The summed E-state index contributed by atoms with van der Waals surface area (Å²) in [5.41, 5.74) is 3.42. The van der Waals surface area contributed by atoms with E-state index in [2.05, 4.69) is 4.90 Å². The van der Waals surface area contributed by atoms with Crippen molar-refractivity contribution in [3.05, 3.63) is 94.6 Å². The second-order valence-corrected chi connectivity index (χ2v) is 7.80. The Kier molecular flexibility index (Phi) is 5.96. The molecular formula is C26H23NO5. The minimum Gasteiger partial charge on any atom is -0.504 e. The van der Waals surface area contributed by atoms with Gasteiger partial charge in [0.1, 0.15) is 0 Å². The minimum absolute atomic E-state index is 0.130. The summed E-state index contributed by atoms with van der Waals surface area (Å²) in [5.74, 6) is -1.08. The minimum atomic E-state index is -0.251. The number of likely N-dealkylation sites (tertiary alicyclic amines) is 1. The second-order valence-electron chi connectivity index (χ2n) is 7.80. The predicted octanol–water partition coefficient (Wildman–Crippen LogP) is 4.06. The lowest BCUT2D eigenvalue weighted by atomic mass is 9.93. The van der Waals surface area contributed by atoms with Gasteiger partial charge in [0.2, 0.25) is 0 Å². The monoisotopic (exact) mass is 429 g/mol. The molecule has 3 aromatic rings. The van der Waals surface area contributed by atoms with Crippen molar-refractivity contribution in [1.29, 1.82) is 0 Å². The summed E-state index contributed by atoms with van der Waals surface area (Å²) in [6, 6.07) is 18.8. The van der Waals surface area contributed by atoms with Crippen molar-refractivity contribution < 1.29 is 25.2 Å². The van der Waals surface area contributed by atoms with Gasteiger partial charge in [-0.15, -0.1) is 0 Å². The maximum absolute atomic E-state index is 13.2. The van der Waals surface area contributed by atoms with Crippen molar-refractivity contribution in [2.24, 2.45) is 0 Å². The lowest BCUT2D eigenvalue weighted by molar-refractivity contribution is -0.113. The first-order valence-corrected chi connectivity index (χ1v) is 10.1. The molecule has 1 fully saturated rings. The smallest absolute Gasteiger partial charge is 0.187 e. The van der Waals surface area contributed by atoms with Crippen LogP contribution in [0, 0.1) is 0 Å². The van der Waals surface area contributed by atoms with Crippen LogP contribution in [0.1, 0.15) is 16.7 Å². The van der Waals surface area contributed by atoms with Gasteiger partial charge in [0.15, 0.2) is 28.8 Å². The van der Waals surface area contributed by atoms with Crippen LogP contribution in [-0.4, -0.2) is 44.2 Å². The van der Waals surface area contributed by atoms with Crippen LogP contribution >= 0.6 is 0 Å². The van der Waals surface area contributed by atoms with Gasteiger partial charge in [-0.25, -0.2) is 0 Å². The molecule has 0 bridgehead atoms. The van der Waals surface area contributed by atoms with Gasteiger partial charge in [-0.3, -0.25) is 9.69 Å². The van der Waals surface area contributed by atoms with Gasteiger partial charge in [-0.05, 0) is 53.1 Å². The summed E-state index contributed by atoms with van der Waals surface area (Å²) < 4.78 is 0. The number of ketones is 1. The zero-order valence-corrected chi connectivity index (χ0v) is 17.3. The molecule has 6 nitrogen and oxygen atoms in total. The molecule has 0 spiro atoms. The standard InChI is InChI=1S/C26H23NO5/c28-22-8-6-18(12-24(22)30)10-20-15-27(14-17-4-2-1-3-5-17)16-21(26(20)32)11-19-7-9-23(29)25(31)13-19/h1-13,28-31H,14-16H2/b20-10-,21-11-. The van der Waals surface area contributed by atoms with Crippen LogP contribution in [0.2, 0.25) is 0 Å². The summed E-state index contributed by atoms with van der Waals surface area (Å²) in [6.45, 7) is 1.49. The molecule has 3 aromatic carbocycles. The average Bonchev–Trinajstić information content (AvgIpc) is 2.77. The van der Waals surface area contributed by atoms with Crippen LogP contribution in [0.15, 0.2) is 77.9 Å². The van der Waals surface area contributed by atoms with Crippen LogP contribution in [0.3, 0.4) is 0 Å². The molecule has 0 aliphatic carbocycles. The van der Waals surface area contributed by atoms with Crippen LogP contribution < -0.4 is 0 Å². The Balaban J connectivity index is 1.70. The van der Waals surface area contributed by atoms with Gasteiger partial charge >= 0.3 is 0 Å². The van der Waals surface area contributed by atoms with Crippen LogP contribution in [0.5, 0.6) is 23.0 Å². The Labute approximate surface area is 185 Å². The first kappa shape index (κ1) is 21.2. The third-order valence-electron chi connectivity index (χ3n) is 5.30. The molecule has 0 amide bonds. The van der Waals surface area contributed by atoms with Gasteiger partial charge in [-0.2, -0.15) is 0 Å². The number of piperidine rings is 1. The summed E-state index contributed by atoms with van der Waals surface area (Å²) >= 11 is 0. The molecule has 4 N–H and O–H groups in total. The third-order valence-corrected chi connectivity index (χ3v) is 5.30. The predicted molar refractivity (Wildman–Crippen MR) is 122 cm³/mol. The van der Waals surface area contributed by atoms with E-state index in [1.54, 1.807) is 24.3 Å². The van der Waals surface area contributed by atoms with Crippen molar-refractivity contribution >= 4 is 17.9 Å². The molecule has 0 unspecified atom stereocenters. The number of phenolic OH excluding ortho intramolecular Hbond substituents is 4. The normalized spacial score (nSPS) is 17.2. The van der Waals surface area contributed by atoms with Gasteiger partial charge < -0.3 is 20.4 Å². The molecule has 1 aliphatic heterocycles. The highest BCUT2D eigenvalue weighted by molar-refractivity contribution is 6.14.